The molecule has 2 aromatic heterocycles. The van der Waals surface area contributed by atoms with E-state index in [1.807, 2.05) is 0 Å². The fourth-order valence-electron chi connectivity index (χ4n) is 1.22. The maximum atomic E-state index is 10.9. The minimum Gasteiger partial charge on any atom is -0.478 e. The summed E-state index contributed by atoms with van der Waals surface area (Å²) in [5.41, 5.74) is 0.726. The van der Waals surface area contributed by atoms with Crippen LogP contribution in [-0.2, 0) is 7.05 Å². The third-order valence-electron chi connectivity index (χ3n) is 1.92. The van der Waals surface area contributed by atoms with Gasteiger partial charge < -0.3 is 10.4 Å². The molecule has 0 atom stereocenters. The van der Waals surface area contributed by atoms with Crippen molar-refractivity contribution in [2.45, 2.75) is 0 Å². The van der Waals surface area contributed by atoms with Crippen LogP contribution in [0.15, 0.2) is 24.7 Å². The molecule has 0 saturated heterocycles. The van der Waals surface area contributed by atoms with Crippen LogP contribution in [0.2, 0.25) is 0 Å². The maximum absolute atomic E-state index is 10.9. The molecule has 82 valence electrons. The molecule has 0 aliphatic carbocycles. The first-order chi connectivity index (χ1) is 7.66. The molecule has 0 saturated carbocycles. The highest BCUT2D eigenvalue weighted by atomic mass is 16.4. The molecule has 0 spiro atoms. The van der Waals surface area contributed by atoms with Crippen LogP contribution in [-0.4, -0.2) is 31.1 Å². The summed E-state index contributed by atoms with van der Waals surface area (Å²) >= 11 is 0. The second kappa shape index (κ2) is 3.97. The van der Waals surface area contributed by atoms with Gasteiger partial charge >= 0.3 is 5.97 Å². The standard InChI is InChI=1S/C9H9N5O2/c1-14-5-6(4-11-14)12-8-7(9(15)16)2-3-10-13-8/h2-5H,1H3,(H,12,13)(H,15,16). The molecule has 0 radical (unpaired) electrons. The number of nitrogens with zero attached hydrogens (tertiary/aromatic N) is 4. The van der Waals surface area contributed by atoms with E-state index in [9.17, 15) is 4.79 Å². The minimum atomic E-state index is -1.05. The topological polar surface area (TPSA) is 92.9 Å². The lowest BCUT2D eigenvalue weighted by Gasteiger charge is -2.03. The van der Waals surface area contributed by atoms with Crippen LogP contribution < -0.4 is 5.32 Å². The lowest BCUT2D eigenvalue weighted by Crippen LogP contribution is -2.05. The number of carboxylic acid groups (broad SMARTS) is 1. The summed E-state index contributed by atoms with van der Waals surface area (Å²) in [6.07, 6.45) is 4.61. The molecule has 2 aromatic rings. The largest absolute Gasteiger partial charge is 0.478 e. The monoisotopic (exact) mass is 219 g/mol. The van der Waals surface area contributed by atoms with E-state index in [0.29, 0.717) is 5.69 Å². The van der Waals surface area contributed by atoms with E-state index in [1.54, 1.807) is 24.1 Å². The van der Waals surface area contributed by atoms with Gasteiger partial charge in [0.25, 0.3) is 0 Å². The Hall–Kier alpha value is -2.44. The Morgan fingerprint density at radius 1 is 1.56 bits per heavy atom. The van der Waals surface area contributed by atoms with Crippen LogP contribution in [0.1, 0.15) is 10.4 Å². The van der Waals surface area contributed by atoms with Crippen molar-refractivity contribution in [3.8, 4) is 0 Å². The average Bonchev–Trinajstić information content (AvgIpc) is 2.64. The second-order valence-corrected chi connectivity index (χ2v) is 3.13. The van der Waals surface area contributed by atoms with E-state index in [-0.39, 0.29) is 11.4 Å². The van der Waals surface area contributed by atoms with Crippen molar-refractivity contribution in [1.82, 2.24) is 20.0 Å². The number of aromatic carboxylic acids is 1. The maximum Gasteiger partial charge on any atom is 0.339 e. The minimum absolute atomic E-state index is 0.0684. The quantitative estimate of drug-likeness (QED) is 0.787. The van der Waals surface area contributed by atoms with Crippen molar-refractivity contribution < 1.29 is 9.90 Å². The summed E-state index contributed by atoms with van der Waals surface area (Å²) in [4.78, 5) is 10.9. The summed E-state index contributed by atoms with van der Waals surface area (Å²) in [7, 11) is 1.76. The van der Waals surface area contributed by atoms with Gasteiger partial charge in [0.05, 0.1) is 18.1 Å². The van der Waals surface area contributed by atoms with Crippen molar-refractivity contribution in [3.63, 3.8) is 0 Å². The molecular formula is C9H9N5O2. The molecule has 0 aliphatic rings. The third kappa shape index (κ3) is 1.97. The fourth-order valence-corrected chi connectivity index (χ4v) is 1.22. The Morgan fingerprint density at radius 3 is 3.00 bits per heavy atom. The van der Waals surface area contributed by atoms with Crippen molar-refractivity contribution in [1.29, 1.82) is 0 Å². The Labute approximate surface area is 90.7 Å². The van der Waals surface area contributed by atoms with Gasteiger partial charge in [-0.25, -0.2) is 4.79 Å². The third-order valence-corrected chi connectivity index (χ3v) is 1.92. The SMILES string of the molecule is Cn1cc(Nc2nnccc2C(=O)O)cn1. The zero-order valence-corrected chi connectivity index (χ0v) is 8.45. The number of anilines is 2. The molecule has 7 nitrogen and oxygen atoms in total. The molecule has 7 heteroatoms. The highest BCUT2D eigenvalue weighted by molar-refractivity contribution is 5.93. The fraction of sp³-hybridized carbons (Fsp3) is 0.111. The highest BCUT2D eigenvalue weighted by Crippen LogP contribution is 2.16. The van der Waals surface area contributed by atoms with Crippen molar-refractivity contribution in [3.05, 3.63) is 30.2 Å². The number of hydrogen-bond donors (Lipinski definition) is 2. The van der Waals surface area contributed by atoms with Gasteiger partial charge in [-0.05, 0) is 6.07 Å². The van der Waals surface area contributed by atoms with Crippen molar-refractivity contribution >= 4 is 17.5 Å². The van der Waals surface area contributed by atoms with E-state index in [2.05, 4.69) is 20.6 Å². The van der Waals surface area contributed by atoms with Crippen LogP contribution in [0.5, 0.6) is 0 Å². The number of aromatic nitrogens is 4. The number of hydrogen-bond acceptors (Lipinski definition) is 5. The van der Waals surface area contributed by atoms with Crippen molar-refractivity contribution in [2.75, 3.05) is 5.32 Å². The number of carboxylic acids is 1. The molecule has 0 unspecified atom stereocenters. The predicted molar refractivity (Wildman–Crippen MR) is 55.5 cm³/mol. The lowest BCUT2D eigenvalue weighted by atomic mass is 10.3. The Kier molecular flexibility index (Phi) is 2.50. The summed E-state index contributed by atoms with van der Waals surface area (Å²) in [6, 6.07) is 1.38. The smallest absolute Gasteiger partial charge is 0.339 e. The average molecular weight is 219 g/mol. The number of nitrogens with one attached hydrogen (secondary N) is 1. The van der Waals surface area contributed by atoms with Crippen LogP contribution in [0, 0.1) is 0 Å². The summed E-state index contributed by atoms with van der Waals surface area (Å²) in [5.74, 6) is -0.857. The first-order valence-electron chi connectivity index (χ1n) is 4.47. The molecule has 16 heavy (non-hydrogen) atoms. The zero-order chi connectivity index (χ0) is 11.5. The Morgan fingerprint density at radius 2 is 2.38 bits per heavy atom. The van der Waals surface area contributed by atoms with Crippen LogP contribution in [0.4, 0.5) is 11.5 Å². The molecule has 2 rings (SSSR count). The van der Waals surface area contributed by atoms with Gasteiger partial charge in [0.1, 0.15) is 5.56 Å². The van der Waals surface area contributed by atoms with Gasteiger partial charge in [-0.1, -0.05) is 0 Å². The highest BCUT2D eigenvalue weighted by Gasteiger charge is 2.11. The molecule has 0 aliphatic heterocycles. The second-order valence-electron chi connectivity index (χ2n) is 3.13. The van der Waals surface area contributed by atoms with Gasteiger partial charge in [0.15, 0.2) is 5.82 Å². The first kappa shape index (κ1) is 10.1. The van der Waals surface area contributed by atoms with Gasteiger partial charge in [-0.3, -0.25) is 4.68 Å². The molecule has 2 N–H and O–H groups in total. The van der Waals surface area contributed by atoms with E-state index in [4.69, 9.17) is 5.11 Å². The van der Waals surface area contributed by atoms with Crippen molar-refractivity contribution in [2.24, 2.45) is 7.05 Å². The molecule has 0 fully saturated rings. The number of rotatable bonds is 3. The van der Waals surface area contributed by atoms with Gasteiger partial charge in [0, 0.05) is 13.2 Å². The number of aryl methyl sites for hydroxylation is 1. The normalized spacial score (nSPS) is 10.1. The lowest BCUT2D eigenvalue weighted by molar-refractivity contribution is 0.0697. The zero-order valence-electron chi connectivity index (χ0n) is 8.45. The Balaban J connectivity index is 2.31. The van der Waals surface area contributed by atoms with Crippen LogP contribution in [0.3, 0.4) is 0 Å². The van der Waals surface area contributed by atoms with Crippen LogP contribution >= 0.6 is 0 Å². The van der Waals surface area contributed by atoms with E-state index in [0.717, 1.165) is 0 Å². The first-order valence-corrected chi connectivity index (χ1v) is 4.47. The van der Waals surface area contributed by atoms with E-state index in [1.165, 1.54) is 12.3 Å². The van der Waals surface area contributed by atoms with E-state index >= 15 is 0 Å². The molecular weight excluding hydrogens is 210 g/mol. The molecule has 2 heterocycles. The molecule has 0 amide bonds. The summed E-state index contributed by atoms with van der Waals surface area (Å²) in [6.45, 7) is 0. The Bertz CT molecular complexity index is 522. The van der Waals surface area contributed by atoms with Gasteiger partial charge in [0.2, 0.25) is 0 Å². The summed E-state index contributed by atoms with van der Waals surface area (Å²) in [5, 5.41) is 23.1. The van der Waals surface area contributed by atoms with Gasteiger partial charge in [-0.15, -0.1) is 5.10 Å². The number of carbonyl (C=O) groups is 1. The molecule has 0 bridgehead atoms. The predicted octanol–water partition coefficient (Wildman–Crippen LogP) is 0.652. The molecule has 0 aromatic carbocycles. The van der Waals surface area contributed by atoms with Gasteiger partial charge in [-0.2, -0.15) is 10.2 Å². The van der Waals surface area contributed by atoms with Crippen LogP contribution in [0.25, 0.3) is 0 Å². The van der Waals surface area contributed by atoms with E-state index < -0.39 is 5.97 Å². The summed E-state index contributed by atoms with van der Waals surface area (Å²) < 4.78 is 1.60.